The first kappa shape index (κ1) is 14.8. The number of benzene rings is 2. The van der Waals surface area contributed by atoms with Crippen molar-refractivity contribution >= 4 is 15.9 Å². The Hall–Kier alpha value is -1.12. The van der Waals surface area contributed by atoms with Gasteiger partial charge in [-0.25, -0.2) is 0 Å². The molecular weight excluding hydrogens is 324 g/mol. The number of aryl methyl sites for hydroxylation is 2. The van der Waals surface area contributed by atoms with E-state index in [-0.39, 0.29) is 0 Å². The lowest BCUT2D eigenvalue weighted by molar-refractivity contribution is 0.153. The topological polar surface area (TPSA) is 20.2 Å². The van der Waals surface area contributed by atoms with Crippen molar-refractivity contribution in [2.45, 2.75) is 44.6 Å². The molecule has 0 heterocycles. The molecule has 1 N–H and O–H groups in total. The van der Waals surface area contributed by atoms with Gasteiger partial charge in [0.2, 0.25) is 0 Å². The van der Waals surface area contributed by atoms with Gasteiger partial charge in [0.25, 0.3) is 0 Å². The van der Waals surface area contributed by atoms with E-state index in [0.29, 0.717) is 5.92 Å². The predicted octanol–water partition coefficient (Wildman–Crippen LogP) is 5.30. The predicted molar refractivity (Wildman–Crippen MR) is 90.6 cm³/mol. The molecule has 0 radical (unpaired) electrons. The van der Waals surface area contributed by atoms with Gasteiger partial charge in [-0.1, -0.05) is 57.9 Å². The zero-order chi connectivity index (χ0) is 14.8. The molecule has 0 aromatic heterocycles. The number of aliphatic hydroxyl groups excluding tert-OH is 1. The number of fused-ring (bicyclic) bond motifs is 1. The lowest BCUT2D eigenvalue weighted by atomic mass is 9.79. The van der Waals surface area contributed by atoms with Gasteiger partial charge >= 0.3 is 0 Å². The molecule has 0 spiro atoms. The minimum atomic E-state index is -0.407. The Kier molecular flexibility index (Phi) is 4.46. The molecule has 0 saturated carbocycles. The molecule has 0 saturated heterocycles. The van der Waals surface area contributed by atoms with E-state index in [9.17, 15) is 5.11 Å². The maximum absolute atomic E-state index is 10.7. The first-order chi connectivity index (χ1) is 10.1. The lowest BCUT2D eigenvalue weighted by Gasteiger charge is -2.27. The fourth-order valence-electron chi connectivity index (χ4n) is 3.41. The molecule has 2 unspecified atom stereocenters. The molecular formula is C19H21BrO. The number of hydrogen-bond acceptors (Lipinski definition) is 1. The number of rotatable bonds is 3. The summed E-state index contributed by atoms with van der Waals surface area (Å²) in [5.41, 5.74) is 5.10. The van der Waals surface area contributed by atoms with Crippen molar-refractivity contribution in [3.05, 3.63) is 69.2 Å². The fraction of sp³-hybridized carbons (Fsp3) is 0.368. The van der Waals surface area contributed by atoms with Crippen LogP contribution in [0.1, 0.15) is 53.5 Å². The van der Waals surface area contributed by atoms with E-state index >= 15 is 0 Å². The highest BCUT2D eigenvalue weighted by atomic mass is 79.9. The van der Waals surface area contributed by atoms with Crippen LogP contribution in [0.2, 0.25) is 0 Å². The van der Waals surface area contributed by atoms with Crippen molar-refractivity contribution in [2.24, 2.45) is 0 Å². The molecule has 1 aliphatic rings. The Balaban J connectivity index is 1.82. The van der Waals surface area contributed by atoms with E-state index in [1.165, 1.54) is 36.0 Å². The second-order valence-corrected chi connectivity index (χ2v) is 6.92. The quantitative estimate of drug-likeness (QED) is 0.800. The summed E-state index contributed by atoms with van der Waals surface area (Å²) in [6.07, 6.45) is 3.98. The average Bonchev–Trinajstić information content (AvgIpc) is 2.50. The van der Waals surface area contributed by atoms with Crippen LogP contribution in [0.4, 0.5) is 0 Å². The minimum absolute atomic E-state index is 0.407. The Morgan fingerprint density at radius 3 is 2.90 bits per heavy atom. The van der Waals surface area contributed by atoms with Crippen LogP contribution in [-0.4, -0.2) is 5.11 Å². The molecule has 21 heavy (non-hydrogen) atoms. The Labute approximate surface area is 135 Å². The van der Waals surface area contributed by atoms with Gasteiger partial charge in [0.15, 0.2) is 0 Å². The van der Waals surface area contributed by atoms with Gasteiger partial charge in [0.1, 0.15) is 0 Å². The third-order valence-corrected chi connectivity index (χ3v) is 5.23. The molecule has 2 heteroatoms. The Bertz CT molecular complexity index is 635. The van der Waals surface area contributed by atoms with Gasteiger partial charge in [-0.05, 0) is 61.3 Å². The van der Waals surface area contributed by atoms with Crippen molar-refractivity contribution in [3.8, 4) is 0 Å². The molecule has 0 bridgehead atoms. The number of hydrogen-bond donors (Lipinski definition) is 1. The smallest absolute Gasteiger partial charge is 0.0806 e. The average molecular weight is 345 g/mol. The molecule has 1 aliphatic carbocycles. The molecule has 1 nitrogen and oxygen atoms in total. The SMILES string of the molecule is Cc1ccc(Br)c(C(O)CC2CCCc3ccccc32)c1. The molecule has 2 atom stereocenters. The molecule has 0 amide bonds. The maximum Gasteiger partial charge on any atom is 0.0806 e. The summed E-state index contributed by atoms with van der Waals surface area (Å²) < 4.78 is 1.00. The third-order valence-electron chi connectivity index (χ3n) is 4.51. The van der Waals surface area contributed by atoms with Crippen molar-refractivity contribution in [2.75, 3.05) is 0 Å². The van der Waals surface area contributed by atoms with Gasteiger partial charge in [0.05, 0.1) is 6.10 Å². The highest BCUT2D eigenvalue weighted by molar-refractivity contribution is 9.10. The van der Waals surface area contributed by atoms with Crippen LogP contribution in [-0.2, 0) is 6.42 Å². The lowest BCUT2D eigenvalue weighted by Crippen LogP contribution is -2.13. The molecule has 0 fully saturated rings. The molecule has 2 aromatic rings. The second-order valence-electron chi connectivity index (χ2n) is 6.06. The monoisotopic (exact) mass is 344 g/mol. The van der Waals surface area contributed by atoms with Crippen LogP contribution in [0, 0.1) is 6.92 Å². The molecule has 0 aliphatic heterocycles. The van der Waals surface area contributed by atoms with Crippen molar-refractivity contribution < 1.29 is 5.11 Å². The largest absolute Gasteiger partial charge is 0.388 e. The van der Waals surface area contributed by atoms with Crippen molar-refractivity contribution in [1.82, 2.24) is 0 Å². The van der Waals surface area contributed by atoms with Crippen molar-refractivity contribution in [3.63, 3.8) is 0 Å². The zero-order valence-corrected chi connectivity index (χ0v) is 13.9. The number of aliphatic hydroxyl groups is 1. The first-order valence-electron chi connectivity index (χ1n) is 7.67. The van der Waals surface area contributed by atoms with E-state index < -0.39 is 6.10 Å². The van der Waals surface area contributed by atoms with Gasteiger partial charge in [-0.2, -0.15) is 0 Å². The summed E-state index contributed by atoms with van der Waals surface area (Å²) >= 11 is 3.57. The van der Waals surface area contributed by atoms with E-state index in [4.69, 9.17) is 0 Å². The van der Waals surface area contributed by atoms with E-state index in [0.717, 1.165) is 16.5 Å². The van der Waals surface area contributed by atoms with Crippen LogP contribution in [0.5, 0.6) is 0 Å². The maximum atomic E-state index is 10.7. The van der Waals surface area contributed by atoms with Gasteiger partial charge < -0.3 is 5.11 Å². The highest BCUT2D eigenvalue weighted by Crippen LogP contribution is 2.39. The summed E-state index contributed by atoms with van der Waals surface area (Å²) in [5.74, 6) is 0.470. The van der Waals surface area contributed by atoms with Crippen LogP contribution < -0.4 is 0 Å². The molecule has 110 valence electrons. The van der Waals surface area contributed by atoms with Crippen molar-refractivity contribution in [1.29, 1.82) is 0 Å². The summed E-state index contributed by atoms with van der Waals surface area (Å²) in [6.45, 7) is 2.07. The molecule has 2 aromatic carbocycles. The van der Waals surface area contributed by atoms with Crippen LogP contribution in [0.3, 0.4) is 0 Å². The second kappa shape index (κ2) is 6.33. The van der Waals surface area contributed by atoms with Gasteiger partial charge in [0, 0.05) is 4.47 Å². The Morgan fingerprint density at radius 1 is 1.24 bits per heavy atom. The third kappa shape index (κ3) is 3.22. The summed E-state index contributed by atoms with van der Waals surface area (Å²) in [4.78, 5) is 0. The van der Waals surface area contributed by atoms with Crippen LogP contribution in [0.15, 0.2) is 46.9 Å². The van der Waals surface area contributed by atoms with E-state index in [2.05, 4.69) is 59.3 Å². The summed E-state index contributed by atoms with van der Waals surface area (Å²) in [6, 6.07) is 14.9. The zero-order valence-electron chi connectivity index (χ0n) is 12.3. The molecule has 3 rings (SSSR count). The van der Waals surface area contributed by atoms with Gasteiger partial charge in [-0.15, -0.1) is 0 Å². The van der Waals surface area contributed by atoms with Crippen LogP contribution >= 0.6 is 15.9 Å². The first-order valence-corrected chi connectivity index (χ1v) is 8.46. The minimum Gasteiger partial charge on any atom is -0.388 e. The summed E-state index contributed by atoms with van der Waals surface area (Å²) in [7, 11) is 0. The fourth-order valence-corrected chi connectivity index (χ4v) is 3.93. The van der Waals surface area contributed by atoms with E-state index in [1.807, 2.05) is 6.07 Å². The van der Waals surface area contributed by atoms with Gasteiger partial charge in [-0.3, -0.25) is 0 Å². The standard InChI is InChI=1S/C19H21BrO/c1-13-9-10-18(20)17(11-13)19(21)12-15-7-4-6-14-5-2-3-8-16(14)15/h2-3,5,8-11,15,19,21H,4,6-7,12H2,1H3. The normalized spacial score (nSPS) is 19.1. The Morgan fingerprint density at radius 2 is 2.05 bits per heavy atom. The summed E-state index contributed by atoms with van der Waals surface area (Å²) in [5, 5.41) is 10.7. The van der Waals surface area contributed by atoms with E-state index in [1.54, 1.807) is 0 Å². The van der Waals surface area contributed by atoms with Crippen LogP contribution in [0.25, 0.3) is 0 Å². The highest BCUT2D eigenvalue weighted by Gasteiger charge is 2.24. The number of halogens is 1.